The van der Waals surface area contributed by atoms with Crippen LogP contribution in [0.4, 0.5) is 0 Å². The lowest BCUT2D eigenvalue weighted by Crippen LogP contribution is -2.51. The first-order chi connectivity index (χ1) is 10.7. The quantitative estimate of drug-likeness (QED) is 0.898. The molecular formula is C18H27NO3S. The molecule has 1 N–H and O–H groups in total. The molecule has 0 amide bonds. The van der Waals surface area contributed by atoms with Gasteiger partial charge >= 0.3 is 0 Å². The van der Waals surface area contributed by atoms with E-state index in [0.717, 1.165) is 12.0 Å². The summed E-state index contributed by atoms with van der Waals surface area (Å²) >= 11 is 0. The molecule has 2 atom stereocenters. The standard InChI is InChI=1S/C18H27NO3S/c1-15(2)13-17-14-19(11-10-18(17,3)20)23(21,22)12-9-16-7-5-4-6-8-16/h4-9,12,15,17,20H,10-11,13-14H2,1-3H3/b12-9+/t17-,18+/m1/s1. The van der Waals surface area contributed by atoms with Gasteiger partial charge in [-0.3, -0.25) is 0 Å². The van der Waals surface area contributed by atoms with Gasteiger partial charge in [0, 0.05) is 24.4 Å². The maximum absolute atomic E-state index is 12.6. The Bertz CT molecular complexity index is 635. The molecule has 1 saturated heterocycles. The lowest BCUT2D eigenvalue weighted by Gasteiger charge is -2.42. The molecule has 0 aliphatic carbocycles. The average Bonchev–Trinajstić information content (AvgIpc) is 2.48. The van der Waals surface area contributed by atoms with Crippen molar-refractivity contribution < 1.29 is 13.5 Å². The number of nitrogens with zero attached hydrogens (tertiary/aromatic N) is 1. The zero-order valence-electron chi connectivity index (χ0n) is 14.1. The van der Waals surface area contributed by atoms with E-state index in [4.69, 9.17) is 0 Å². The first kappa shape index (κ1) is 18.2. The topological polar surface area (TPSA) is 57.6 Å². The smallest absolute Gasteiger partial charge is 0.236 e. The van der Waals surface area contributed by atoms with Gasteiger partial charge in [0.1, 0.15) is 0 Å². The van der Waals surface area contributed by atoms with Crippen LogP contribution in [0.3, 0.4) is 0 Å². The third kappa shape index (κ3) is 4.90. The van der Waals surface area contributed by atoms with Crippen molar-refractivity contribution in [1.29, 1.82) is 0 Å². The van der Waals surface area contributed by atoms with Gasteiger partial charge in [-0.05, 0) is 37.3 Å². The van der Waals surface area contributed by atoms with Crippen LogP contribution in [0.5, 0.6) is 0 Å². The minimum absolute atomic E-state index is 0.0313. The molecule has 23 heavy (non-hydrogen) atoms. The SMILES string of the molecule is CC(C)C[C@@H]1CN(S(=O)(=O)/C=C/c2ccccc2)CC[C@]1(C)O. The van der Waals surface area contributed by atoms with E-state index in [2.05, 4.69) is 13.8 Å². The maximum atomic E-state index is 12.6. The van der Waals surface area contributed by atoms with E-state index in [1.54, 1.807) is 6.08 Å². The summed E-state index contributed by atoms with van der Waals surface area (Å²) in [5, 5.41) is 11.8. The average molecular weight is 337 g/mol. The van der Waals surface area contributed by atoms with Gasteiger partial charge in [-0.25, -0.2) is 8.42 Å². The van der Waals surface area contributed by atoms with E-state index < -0.39 is 15.6 Å². The van der Waals surface area contributed by atoms with Crippen LogP contribution < -0.4 is 0 Å². The van der Waals surface area contributed by atoms with Crippen LogP contribution in [0.15, 0.2) is 35.7 Å². The number of sulfonamides is 1. The third-order valence-corrected chi connectivity index (χ3v) is 6.05. The van der Waals surface area contributed by atoms with Crippen molar-refractivity contribution in [1.82, 2.24) is 4.31 Å². The largest absolute Gasteiger partial charge is 0.390 e. The molecule has 2 rings (SSSR count). The predicted octanol–water partition coefficient (Wildman–Crippen LogP) is 3.11. The highest BCUT2D eigenvalue weighted by Gasteiger charge is 2.40. The number of benzene rings is 1. The van der Waals surface area contributed by atoms with Crippen LogP contribution in [0.1, 0.15) is 39.2 Å². The summed E-state index contributed by atoms with van der Waals surface area (Å²) in [6, 6.07) is 9.39. The van der Waals surface area contributed by atoms with Crippen molar-refractivity contribution in [3.05, 3.63) is 41.3 Å². The molecule has 4 nitrogen and oxygen atoms in total. The van der Waals surface area contributed by atoms with E-state index in [-0.39, 0.29) is 5.92 Å². The summed E-state index contributed by atoms with van der Waals surface area (Å²) in [5.41, 5.74) is 0.0678. The maximum Gasteiger partial charge on any atom is 0.236 e. The highest BCUT2D eigenvalue weighted by Crippen LogP contribution is 2.33. The highest BCUT2D eigenvalue weighted by molar-refractivity contribution is 7.92. The second kappa shape index (κ2) is 7.16. The summed E-state index contributed by atoms with van der Waals surface area (Å²) in [5.74, 6) is 0.394. The molecule has 1 aliphatic rings. The molecule has 1 fully saturated rings. The summed E-state index contributed by atoms with van der Waals surface area (Å²) < 4.78 is 26.6. The number of hydrogen-bond acceptors (Lipinski definition) is 3. The molecule has 1 aromatic rings. The van der Waals surface area contributed by atoms with Crippen LogP contribution in [0, 0.1) is 11.8 Å². The van der Waals surface area contributed by atoms with Crippen molar-refractivity contribution in [2.75, 3.05) is 13.1 Å². The van der Waals surface area contributed by atoms with E-state index in [1.165, 1.54) is 9.71 Å². The second-order valence-corrected chi connectivity index (χ2v) is 8.87. The van der Waals surface area contributed by atoms with Gasteiger partial charge in [0.2, 0.25) is 10.0 Å². The lowest BCUT2D eigenvalue weighted by atomic mass is 9.78. The lowest BCUT2D eigenvalue weighted by molar-refractivity contribution is -0.0480. The number of hydrogen-bond donors (Lipinski definition) is 1. The van der Waals surface area contributed by atoms with E-state index in [1.807, 2.05) is 37.3 Å². The molecular weight excluding hydrogens is 310 g/mol. The van der Waals surface area contributed by atoms with E-state index in [0.29, 0.717) is 25.4 Å². The number of piperidine rings is 1. The first-order valence-corrected chi connectivity index (χ1v) is 9.67. The Morgan fingerprint density at radius 3 is 2.61 bits per heavy atom. The summed E-state index contributed by atoms with van der Waals surface area (Å²) in [4.78, 5) is 0. The van der Waals surface area contributed by atoms with Crippen LogP contribution in [0.2, 0.25) is 0 Å². The minimum Gasteiger partial charge on any atom is -0.390 e. The normalized spacial score (nSPS) is 26.9. The fourth-order valence-corrected chi connectivity index (χ4v) is 4.27. The van der Waals surface area contributed by atoms with Crippen LogP contribution in [-0.4, -0.2) is 36.5 Å². The summed E-state index contributed by atoms with van der Waals surface area (Å²) in [6.45, 7) is 6.76. The zero-order valence-corrected chi connectivity index (χ0v) is 15.0. The van der Waals surface area contributed by atoms with Crippen LogP contribution in [0.25, 0.3) is 6.08 Å². The molecule has 1 aromatic carbocycles. The molecule has 0 aromatic heterocycles. The fourth-order valence-electron chi connectivity index (χ4n) is 3.03. The molecule has 1 aliphatic heterocycles. The molecule has 128 valence electrons. The summed E-state index contributed by atoms with van der Waals surface area (Å²) in [6.07, 6.45) is 2.92. The Balaban J connectivity index is 2.12. The Morgan fingerprint density at radius 1 is 1.35 bits per heavy atom. The fraction of sp³-hybridized carbons (Fsp3) is 0.556. The van der Waals surface area contributed by atoms with Gasteiger partial charge in [-0.2, -0.15) is 4.31 Å². The second-order valence-electron chi connectivity index (χ2n) is 7.05. The molecule has 5 heteroatoms. The molecule has 0 spiro atoms. The Hall–Kier alpha value is -1.17. The zero-order chi connectivity index (χ0) is 17.1. The van der Waals surface area contributed by atoms with Gasteiger partial charge in [0.05, 0.1) is 5.60 Å². The Morgan fingerprint density at radius 2 is 2.00 bits per heavy atom. The molecule has 1 heterocycles. The van der Waals surface area contributed by atoms with Gasteiger partial charge in [0.15, 0.2) is 0 Å². The van der Waals surface area contributed by atoms with Crippen molar-refractivity contribution in [3.63, 3.8) is 0 Å². The van der Waals surface area contributed by atoms with E-state index >= 15 is 0 Å². The third-order valence-electron chi connectivity index (χ3n) is 4.52. The van der Waals surface area contributed by atoms with Crippen molar-refractivity contribution in [2.24, 2.45) is 11.8 Å². The molecule has 0 unspecified atom stereocenters. The monoisotopic (exact) mass is 337 g/mol. The Labute approximate surface area is 139 Å². The number of rotatable bonds is 5. The van der Waals surface area contributed by atoms with Gasteiger partial charge in [-0.15, -0.1) is 0 Å². The van der Waals surface area contributed by atoms with Crippen molar-refractivity contribution >= 4 is 16.1 Å². The van der Waals surface area contributed by atoms with E-state index in [9.17, 15) is 13.5 Å². The molecule has 0 saturated carbocycles. The molecule has 0 bridgehead atoms. The summed E-state index contributed by atoms with van der Waals surface area (Å²) in [7, 11) is -3.46. The van der Waals surface area contributed by atoms with Gasteiger partial charge < -0.3 is 5.11 Å². The van der Waals surface area contributed by atoms with Gasteiger partial charge in [-0.1, -0.05) is 44.2 Å². The first-order valence-electron chi connectivity index (χ1n) is 8.16. The number of aliphatic hydroxyl groups is 1. The van der Waals surface area contributed by atoms with Crippen molar-refractivity contribution in [2.45, 2.75) is 39.2 Å². The Kier molecular flexibility index (Phi) is 5.65. The highest BCUT2D eigenvalue weighted by atomic mass is 32.2. The molecule has 0 radical (unpaired) electrons. The van der Waals surface area contributed by atoms with Crippen LogP contribution in [-0.2, 0) is 10.0 Å². The van der Waals surface area contributed by atoms with Gasteiger partial charge in [0.25, 0.3) is 0 Å². The van der Waals surface area contributed by atoms with Crippen LogP contribution >= 0.6 is 0 Å². The minimum atomic E-state index is -3.46. The predicted molar refractivity (Wildman–Crippen MR) is 94.2 cm³/mol. The van der Waals surface area contributed by atoms with Crippen molar-refractivity contribution in [3.8, 4) is 0 Å².